The number of hydrogen-bond acceptors (Lipinski definition) is 9. The van der Waals surface area contributed by atoms with Crippen molar-refractivity contribution in [3.05, 3.63) is 30.3 Å². The normalized spacial score (nSPS) is 10.4. The second kappa shape index (κ2) is 5.47. The van der Waals surface area contributed by atoms with Gasteiger partial charge in [-0.15, -0.1) is 10.1 Å². The van der Waals surface area contributed by atoms with Crippen LogP contribution in [0.3, 0.4) is 0 Å². The van der Waals surface area contributed by atoms with Gasteiger partial charge in [0.15, 0.2) is 6.61 Å². The minimum Gasteiger partial charge on any atom is -0.444 e. The summed E-state index contributed by atoms with van der Waals surface area (Å²) in [4.78, 5) is 39.8. The van der Waals surface area contributed by atoms with E-state index in [-0.39, 0.29) is 0 Å². The molecule has 0 N–H and O–H groups in total. The number of alkyl halides is 1. The summed E-state index contributed by atoms with van der Waals surface area (Å²) >= 11 is 0. The van der Waals surface area contributed by atoms with E-state index in [0.717, 1.165) is 0 Å². The Hall–Kier alpha value is -2.60. The van der Waals surface area contributed by atoms with E-state index in [2.05, 4.69) is 9.57 Å². The van der Waals surface area contributed by atoms with Crippen molar-refractivity contribution in [2.45, 2.75) is 5.92 Å². The van der Waals surface area contributed by atoms with Crippen molar-refractivity contribution in [2.75, 3.05) is 13.2 Å². The van der Waals surface area contributed by atoms with Crippen LogP contribution in [0.5, 0.6) is 0 Å². The largest absolute Gasteiger partial charge is 0.648 e. The highest BCUT2D eigenvalue weighted by atomic mass is 19.2. The van der Waals surface area contributed by atoms with Crippen molar-refractivity contribution in [3.63, 3.8) is 0 Å². The molecule has 0 bridgehead atoms. The van der Waals surface area contributed by atoms with Crippen molar-refractivity contribution in [3.8, 4) is 0 Å². The van der Waals surface area contributed by atoms with Gasteiger partial charge in [0.05, 0.1) is 0 Å². The lowest BCUT2D eigenvalue weighted by Crippen LogP contribution is -2.46. The van der Waals surface area contributed by atoms with Crippen molar-refractivity contribution in [1.82, 2.24) is 0 Å². The maximum Gasteiger partial charge on any atom is 0.648 e. The lowest BCUT2D eigenvalue weighted by atomic mass is 10.5. The van der Waals surface area contributed by atoms with E-state index in [4.69, 9.17) is 0 Å². The first kappa shape index (κ1) is 14.4. The van der Waals surface area contributed by atoms with E-state index in [1.807, 2.05) is 0 Å². The fraction of sp³-hybridized carbons (Fsp3) is 0.750. The molecule has 17 heavy (non-hydrogen) atoms. The Balaban J connectivity index is 4.33. The van der Waals surface area contributed by atoms with Crippen LogP contribution in [0.15, 0.2) is 0 Å². The predicted octanol–water partition coefficient (Wildman–Crippen LogP) is -1.09. The van der Waals surface area contributed by atoms with Gasteiger partial charge in [0, 0.05) is 0 Å². The average molecular weight is 257 g/mol. The van der Waals surface area contributed by atoms with E-state index in [1.54, 1.807) is 0 Å². The summed E-state index contributed by atoms with van der Waals surface area (Å²) in [7, 11) is 0. The second-order valence-corrected chi connectivity index (χ2v) is 2.39. The first-order valence-corrected chi connectivity index (χ1v) is 3.61. The van der Waals surface area contributed by atoms with Crippen LogP contribution in [-0.4, -0.2) is 40.0 Å². The number of nitro groups is 2. The Morgan fingerprint density at radius 2 is 1.65 bits per heavy atom. The van der Waals surface area contributed by atoms with E-state index >= 15 is 0 Å². The molecule has 13 heteroatoms. The smallest absolute Gasteiger partial charge is 0.444 e. The van der Waals surface area contributed by atoms with Crippen molar-refractivity contribution in [1.29, 1.82) is 0 Å². The standard InChI is InChI=1S/C4H4FN3O9/c5-4(6(10)11,7(12)13)2-16-3(9)1-17-8(14)15/h1-2H2. The van der Waals surface area contributed by atoms with Gasteiger partial charge >= 0.3 is 11.9 Å². The van der Waals surface area contributed by atoms with Gasteiger partial charge in [0.25, 0.3) is 11.7 Å². The third kappa shape index (κ3) is 4.18. The highest BCUT2D eigenvalue weighted by Gasteiger charge is 2.59. The summed E-state index contributed by atoms with van der Waals surface area (Å²) < 4.78 is 16.7. The quantitative estimate of drug-likeness (QED) is 0.181. The Bertz CT molecular complexity index is 342. The number of ether oxygens (including phenoxy) is 1. The van der Waals surface area contributed by atoms with Crippen LogP contribution in [0.2, 0.25) is 0 Å². The van der Waals surface area contributed by atoms with Crippen LogP contribution in [0.4, 0.5) is 4.39 Å². The molecule has 0 radical (unpaired) electrons. The van der Waals surface area contributed by atoms with E-state index < -0.39 is 40.0 Å². The SMILES string of the molecule is O=C(CO[N+](=O)[O-])OCC(F)([N+](=O)[O-])[N+](=O)[O-]. The van der Waals surface area contributed by atoms with Crippen LogP contribution < -0.4 is 0 Å². The number of carbonyl (C=O) groups excluding carboxylic acids is 1. The molecule has 0 saturated carbocycles. The molecule has 0 saturated heterocycles. The molecule has 0 fully saturated rings. The number of rotatable bonds is 7. The van der Waals surface area contributed by atoms with E-state index in [9.17, 15) is 39.5 Å². The second-order valence-electron chi connectivity index (χ2n) is 2.39. The molecule has 0 aliphatic carbocycles. The minimum absolute atomic E-state index is 1.27. The van der Waals surface area contributed by atoms with Gasteiger partial charge in [-0.1, -0.05) is 4.39 Å². The Kier molecular flexibility index (Phi) is 4.64. The molecular weight excluding hydrogens is 253 g/mol. The Morgan fingerprint density at radius 3 is 2.00 bits per heavy atom. The average Bonchev–Trinajstić information content (AvgIpc) is 2.22. The molecule has 0 unspecified atom stereocenters. The van der Waals surface area contributed by atoms with Gasteiger partial charge in [-0.2, -0.15) is 0 Å². The van der Waals surface area contributed by atoms with Gasteiger partial charge in [-0.25, -0.2) is 4.79 Å². The summed E-state index contributed by atoms with van der Waals surface area (Å²) in [6.07, 6.45) is 0. The minimum atomic E-state index is -4.20. The molecule has 0 aromatic carbocycles. The van der Waals surface area contributed by atoms with Crippen LogP contribution in [0.1, 0.15) is 0 Å². The summed E-state index contributed by atoms with van der Waals surface area (Å²) in [5.41, 5.74) is 0. The van der Waals surface area contributed by atoms with Gasteiger partial charge < -0.3 is 9.57 Å². The molecule has 0 atom stereocenters. The maximum absolute atomic E-state index is 12.9. The van der Waals surface area contributed by atoms with Crippen LogP contribution >= 0.6 is 0 Å². The zero-order valence-corrected chi connectivity index (χ0v) is 7.81. The lowest BCUT2D eigenvalue weighted by Gasteiger charge is -2.08. The molecular formula is C4H4FN3O9. The molecule has 0 spiro atoms. The molecule has 0 rings (SSSR count). The monoisotopic (exact) mass is 257 g/mol. The predicted molar refractivity (Wildman–Crippen MR) is 41.7 cm³/mol. The highest BCUT2D eigenvalue weighted by molar-refractivity contribution is 5.70. The third-order valence-corrected chi connectivity index (χ3v) is 1.26. The van der Waals surface area contributed by atoms with Gasteiger partial charge in [-0.3, -0.25) is 20.2 Å². The molecule has 0 amide bonds. The zero-order chi connectivity index (χ0) is 13.6. The van der Waals surface area contributed by atoms with Crippen molar-refractivity contribution >= 4 is 5.97 Å². The topological polar surface area (TPSA) is 165 Å². The third-order valence-electron chi connectivity index (χ3n) is 1.26. The Labute approximate surface area is 90.3 Å². The van der Waals surface area contributed by atoms with Crippen molar-refractivity contribution < 1.29 is 33.7 Å². The number of nitrogens with zero attached hydrogens (tertiary/aromatic N) is 3. The van der Waals surface area contributed by atoms with Crippen molar-refractivity contribution in [2.24, 2.45) is 0 Å². The fourth-order valence-corrected chi connectivity index (χ4v) is 0.491. The number of hydrogen-bond donors (Lipinski definition) is 0. The zero-order valence-electron chi connectivity index (χ0n) is 7.81. The molecule has 0 aromatic heterocycles. The summed E-state index contributed by atoms with van der Waals surface area (Å²) in [6, 6.07) is 0. The van der Waals surface area contributed by atoms with Gasteiger partial charge in [-0.05, 0) is 0 Å². The molecule has 0 heterocycles. The summed E-state index contributed by atoms with van der Waals surface area (Å²) in [5.74, 6) is -5.77. The number of carbonyl (C=O) groups is 1. The molecule has 0 aromatic rings. The van der Waals surface area contributed by atoms with Gasteiger partial charge in [0.1, 0.15) is 9.85 Å². The van der Waals surface area contributed by atoms with E-state index in [1.165, 1.54) is 0 Å². The first-order chi connectivity index (χ1) is 7.70. The van der Waals surface area contributed by atoms with Crippen LogP contribution in [0.25, 0.3) is 0 Å². The highest BCUT2D eigenvalue weighted by Crippen LogP contribution is 2.13. The maximum atomic E-state index is 12.9. The molecule has 12 nitrogen and oxygen atoms in total. The molecule has 0 aliphatic heterocycles. The van der Waals surface area contributed by atoms with E-state index in [0.29, 0.717) is 0 Å². The molecule has 96 valence electrons. The number of halogens is 1. The van der Waals surface area contributed by atoms with Crippen LogP contribution in [-0.2, 0) is 14.4 Å². The number of esters is 1. The van der Waals surface area contributed by atoms with Crippen LogP contribution in [0, 0.1) is 30.3 Å². The summed E-state index contributed by atoms with van der Waals surface area (Å²) in [5, 5.41) is 28.2. The van der Waals surface area contributed by atoms with Gasteiger partial charge in [0.2, 0.25) is 0 Å². The molecule has 0 aliphatic rings. The first-order valence-electron chi connectivity index (χ1n) is 3.61. The lowest BCUT2D eigenvalue weighted by molar-refractivity contribution is -0.832. The fourth-order valence-electron chi connectivity index (χ4n) is 0.491. The summed E-state index contributed by atoms with van der Waals surface area (Å²) in [6.45, 7) is -3.09. The Morgan fingerprint density at radius 1 is 1.18 bits per heavy atom.